The Hall–Kier alpha value is -1.45. The van der Waals surface area contributed by atoms with Crippen molar-refractivity contribution in [1.82, 2.24) is 10.2 Å². The number of nitrogens with zero attached hydrogens (tertiary/aromatic N) is 2. The Balaban J connectivity index is 2.40. The maximum absolute atomic E-state index is 5.91. The van der Waals surface area contributed by atoms with Gasteiger partial charge in [-0.15, -0.1) is 10.2 Å². The lowest BCUT2D eigenvalue weighted by atomic mass is 10.1. The van der Waals surface area contributed by atoms with Crippen molar-refractivity contribution in [2.45, 2.75) is 6.61 Å². The quantitative estimate of drug-likeness (QED) is 0.819. The van der Waals surface area contributed by atoms with Crippen molar-refractivity contribution in [3.05, 3.63) is 47.1 Å². The van der Waals surface area contributed by atoms with E-state index in [0.29, 0.717) is 11.8 Å². The van der Waals surface area contributed by atoms with Crippen LogP contribution in [0.15, 0.2) is 36.4 Å². The van der Waals surface area contributed by atoms with E-state index in [1.165, 1.54) is 0 Å². The van der Waals surface area contributed by atoms with E-state index >= 15 is 0 Å². The minimum Gasteiger partial charge on any atom is -0.380 e. The maximum Gasteiger partial charge on any atom is 0.157 e. The number of ether oxygens (including phenoxy) is 1. The first-order valence-corrected chi connectivity index (χ1v) is 5.25. The summed E-state index contributed by atoms with van der Waals surface area (Å²) in [7, 11) is 1.62. The number of hydrogen-bond donors (Lipinski definition) is 0. The highest BCUT2D eigenvalue weighted by Gasteiger charge is 2.06. The van der Waals surface area contributed by atoms with Gasteiger partial charge in [0.1, 0.15) is 0 Å². The van der Waals surface area contributed by atoms with E-state index in [2.05, 4.69) is 10.2 Å². The smallest absolute Gasteiger partial charge is 0.157 e. The van der Waals surface area contributed by atoms with E-state index in [0.717, 1.165) is 16.8 Å². The second-order valence-electron chi connectivity index (χ2n) is 3.34. The van der Waals surface area contributed by atoms with Crippen molar-refractivity contribution in [1.29, 1.82) is 0 Å². The molecule has 4 heteroatoms. The van der Waals surface area contributed by atoms with Gasteiger partial charge in [-0.2, -0.15) is 0 Å². The highest BCUT2D eigenvalue weighted by atomic mass is 35.5. The van der Waals surface area contributed by atoms with E-state index in [9.17, 15) is 0 Å². The van der Waals surface area contributed by atoms with Gasteiger partial charge >= 0.3 is 0 Å². The van der Waals surface area contributed by atoms with Crippen LogP contribution in [0.3, 0.4) is 0 Å². The second-order valence-corrected chi connectivity index (χ2v) is 3.70. The number of halogens is 1. The van der Waals surface area contributed by atoms with Crippen molar-refractivity contribution in [3.63, 3.8) is 0 Å². The molecule has 3 nitrogen and oxygen atoms in total. The first kappa shape index (κ1) is 11.0. The van der Waals surface area contributed by atoms with Gasteiger partial charge in [0.25, 0.3) is 0 Å². The summed E-state index contributed by atoms with van der Waals surface area (Å²) in [6.45, 7) is 0.439. The van der Waals surface area contributed by atoms with Gasteiger partial charge in [-0.1, -0.05) is 41.9 Å². The van der Waals surface area contributed by atoms with Gasteiger partial charge < -0.3 is 4.74 Å². The summed E-state index contributed by atoms with van der Waals surface area (Å²) in [5.41, 5.74) is 2.67. The van der Waals surface area contributed by atoms with Gasteiger partial charge in [0.05, 0.1) is 12.3 Å². The number of aromatic nitrogens is 2. The van der Waals surface area contributed by atoms with E-state index < -0.39 is 0 Å². The van der Waals surface area contributed by atoms with E-state index in [1.54, 1.807) is 7.11 Å². The van der Waals surface area contributed by atoms with Crippen molar-refractivity contribution in [2.75, 3.05) is 7.11 Å². The first-order chi connectivity index (χ1) is 7.81. The zero-order chi connectivity index (χ0) is 11.4. The minimum absolute atomic E-state index is 0.390. The molecule has 82 valence electrons. The SMILES string of the molecule is COCc1cc(-c2ccccc2)nnc1Cl. The Kier molecular flexibility index (Phi) is 3.49. The number of hydrogen-bond acceptors (Lipinski definition) is 3. The lowest BCUT2D eigenvalue weighted by Crippen LogP contribution is -1.96. The molecule has 0 fully saturated rings. The standard InChI is InChI=1S/C12H11ClN2O/c1-16-8-10-7-11(14-15-12(10)13)9-5-3-2-4-6-9/h2-7H,8H2,1H3. The van der Waals surface area contributed by atoms with Crippen LogP contribution in [0.2, 0.25) is 5.15 Å². The lowest BCUT2D eigenvalue weighted by Gasteiger charge is -2.04. The summed E-state index contributed by atoms with van der Waals surface area (Å²) >= 11 is 5.91. The molecule has 0 unspecified atom stereocenters. The molecule has 2 aromatic rings. The minimum atomic E-state index is 0.390. The van der Waals surface area contributed by atoms with Crippen molar-refractivity contribution in [3.8, 4) is 11.3 Å². The normalized spacial score (nSPS) is 10.4. The summed E-state index contributed by atoms with van der Waals surface area (Å²) in [5.74, 6) is 0. The summed E-state index contributed by atoms with van der Waals surface area (Å²) < 4.78 is 5.05. The van der Waals surface area contributed by atoms with Gasteiger partial charge in [0, 0.05) is 18.2 Å². The Labute approximate surface area is 99.0 Å². The molecule has 0 amide bonds. The summed E-state index contributed by atoms with van der Waals surface area (Å²) in [6.07, 6.45) is 0. The molecule has 0 aliphatic carbocycles. The molecular weight excluding hydrogens is 224 g/mol. The lowest BCUT2D eigenvalue weighted by molar-refractivity contribution is 0.184. The van der Waals surface area contributed by atoms with Gasteiger partial charge in [-0.25, -0.2) is 0 Å². The maximum atomic E-state index is 5.91. The molecule has 1 aromatic heterocycles. The number of rotatable bonds is 3. The molecule has 0 saturated carbocycles. The molecule has 1 aromatic carbocycles. The third-order valence-electron chi connectivity index (χ3n) is 2.19. The van der Waals surface area contributed by atoms with Crippen LogP contribution in [0.4, 0.5) is 0 Å². The monoisotopic (exact) mass is 234 g/mol. The van der Waals surface area contributed by atoms with Gasteiger partial charge in [0.15, 0.2) is 5.15 Å². The highest BCUT2D eigenvalue weighted by Crippen LogP contribution is 2.20. The largest absolute Gasteiger partial charge is 0.380 e. The predicted molar refractivity (Wildman–Crippen MR) is 63.2 cm³/mol. The molecule has 0 aliphatic heterocycles. The zero-order valence-electron chi connectivity index (χ0n) is 8.85. The fourth-order valence-corrected chi connectivity index (χ4v) is 1.57. The summed E-state index contributed by atoms with van der Waals surface area (Å²) in [4.78, 5) is 0. The number of benzene rings is 1. The molecule has 0 bridgehead atoms. The van der Waals surface area contributed by atoms with Crippen molar-refractivity contribution >= 4 is 11.6 Å². The van der Waals surface area contributed by atoms with Crippen LogP contribution >= 0.6 is 11.6 Å². The highest BCUT2D eigenvalue weighted by molar-refractivity contribution is 6.30. The van der Waals surface area contributed by atoms with Crippen LogP contribution in [-0.2, 0) is 11.3 Å². The summed E-state index contributed by atoms with van der Waals surface area (Å²) in [6, 6.07) is 11.7. The van der Waals surface area contributed by atoms with Crippen LogP contribution in [0, 0.1) is 0 Å². The topological polar surface area (TPSA) is 35.0 Å². The third-order valence-corrected chi connectivity index (χ3v) is 2.51. The predicted octanol–water partition coefficient (Wildman–Crippen LogP) is 2.94. The van der Waals surface area contributed by atoms with Crippen LogP contribution in [0.25, 0.3) is 11.3 Å². The average molecular weight is 235 g/mol. The fraction of sp³-hybridized carbons (Fsp3) is 0.167. The van der Waals surface area contributed by atoms with E-state index in [1.807, 2.05) is 36.4 Å². The Morgan fingerprint density at radius 3 is 2.62 bits per heavy atom. The number of methoxy groups -OCH3 is 1. The first-order valence-electron chi connectivity index (χ1n) is 4.87. The molecule has 0 radical (unpaired) electrons. The molecule has 0 spiro atoms. The molecule has 16 heavy (non-hydrogen) atoms. The van der Waals surface area contributed by atoms with E-state index in [-0.39, 0.29) is 0 Å². The third kappa shape index (κ3) is 2.38. The molecule has 0 atom stereocenters. The van der Waals surface area contributed by atoms with Gasteiger partial charge in [-0.3, -0.25) is 0 Å². The molecule has 0 aliphatic rings. The van der Waals surface area contributed by atoms with Gasteiger partial charge in [-0.05, 0) is 6.07 Å². The second kappa shape index (κ2) is 5.05. The van der Waals surface area contributed by atoms with Crippen LogP contribution < -0.4 is 0 Å². The van der Waals surface area contributed by atoms with Crippen LogP contribution in [-0.4, -0.2) is 17.3 Å². The summed E-state index contributed by atoms with van der Waals surface area (Å²) in [5, 5.41) is 8.35. The van der Waals surface area contributed by atoms with Crippen LogP contribution in [0.1, 0.15) is 5.56 Å². The van der Waals surface area contributed by atoms with Crippen LogP contribution in [0.5, 0.6) is 0 Å². The van der Waals surface area contributed by atoms with Crippen molar-refractivity contribution < 1.29 is 4.74 Å². The molecule has 2 rings (SSSR count). The molecule has 1 heterocycles. The van der Waals surface area contributed by atoms with E-state index in [4.69, 9.17) is 16.3 Å². The Bertz CT molecular complexity index is 474. The average Bonchev–Trinajstić information content (AvgIpc) is 2.33. The Morgan fingerprint density at radius 1 is 1.19 bits per heavy atom. The molecule has 0 saturated heterocycles. The van der Waals surface area contributed by atoms with Gasteiger partial charge in [0.2, 0.25) is 0 Å². The molecule has 0 N–H and O–H groups in total. The molecular formula is C12H11ClN2O. The van der Waals surface area contributed by atoms with Crippen molar-refractivity contribution in [2.24, 2.45) is 0 Å². The zero-order valence-corrected chi connectivity index (χ0v) is 9.61. The Morgan fingerprint density at radius 2 is 1.94 bits per heavy atom. The fourth-order valence-electron chi connectivity index (χ4n) is 1.42.